The molecule has 0 aliphatic heterocycles. The molecule has 5 rings (SSSR count). The van der Waals surface area contributed by atoms with E-state index in [1.165, 1.54) is 7.11 Å². The highest BCUT2D eigenvalue weighted by molar-refractivity contribution is 5.83. The standard InChI is InChI=1S/C24H23N5O3/c1-31-22-21-28-19(15-8-10-17(11-9-15)24(26)12-5-13-24)20(16-6-3-2-4-7-16)29(21)14-18(27-22)32-23(25)30/h2-4,6-11,14H,5,12-13,26H2,1H3,(H2,25,30). The zero-order valence-corrected chi connectivity index (χ0v) is 17.6. The SMILES string of the molecule is COc1nc(OC(N)=O)cn2c(-c3ccccc3)c(-c3ccc(C4(N)CCC4)cc3)nc12. The molecule has 0 saturated heterocycles. The first kappa shape index (κ1) is 20.0. The number of amides is 1. The van der Waals surface area contributed by atoms with Gasteiger partial charge in [-0.3, -0.25) is 4.40 Å². The number of benzene rings is 2. The number of rotatable bonds is 5. The number of nitrogens with zero attached hydrogens (tertiary/aromatic N) is 3. The number of nitrogens with two attached hydrogens (primary N) is 2. The van der Waals surface area contributed by atoms with Gasteiger partial charge < -0.3 is 20.9 Å². The molecule has 0 atom stereocenters. The maximum atomic E-state index is 11.3. The summed E-state index contributed by atoms with van der Waals surface area (Å²) in [5, 5.41) is 0. The molecule has 0 unspecified atom stereocenters. The second-order valence-electron chi connectivity index (χ2n) is 7.97. The zero-order valence-electron chi connectivity index (χ0n) is 17.6. The molecule has 4 aromatic rings. The Kier molecular flexibility index (Phi) is 4.79. The van der Waals surface area contributed by atoms with Gasteiger partial charge >= 0.3 is 6.09 Å². The maximum absolute atomic E-state index is 11.3. The Hall–Kier alpha value is -3.91. The average Bonchev–Trinajstić information content (AvgIpc) is 3.16. The molecule has 4 N–H and O–H groups in total. The minimum absolute atomic E-state index is 0.0217. The van der Waals surface area contributed by atoms with Gasteiger partial charge in [0.15, 0.2) is 0 Å². The van der Waals surface area contributed by atoms with Crippen LogP contribution >= 0.6 is 0 Å². The average molecular weight is 429 g/mol. The lowest BCUT2D eigenvalue weighted by molar-refractivity contribution is 0.208. The van der Waals surface area contributed by atoms with Gasteiger partial charge in [-0.05, 0) is 24.8 Å². The lowest BCUT2D eigenvalue weighted by Crippen LogP contribution is -2.43. The van der Waals surface area contributed by atoms with E-state index >= 15 is 0 Å². The lowest BCUT2D eigenvalue weighted by atomic mass is 9.72. The third-order valence-electron chi connectivity index (χ3n) is 5.98. The Morgan fingerprint density at radius 2 is 1.75 bits per heavy atom. The summed E-state index contributed by atoms with van der Waals surface area (Å²) < 4.78 is 12.3. The minimum atomic E-state index is -0.956. The molecule has 8 nitrogen and oxygen atoms in total. The minimum Gasteiger partial charge on any atom is -0.478 e. The van der Waals surface area contributed by atoms with Crippen molar-refractivity contribution in [3.63, 3.8) is 0 Å². The summed E-state index contributed by atoms with van der Waals surface area (Å²) in [6.45, 7) is 0. The van der Waals surface area contributed by atoms with Gasteiger partial charge in [0, 0.05) is 16.7 Å². The van der Waals surface area contributed by atoms with Gasteiger partial charge in [0.05, 0.1) is 24.7 Å². The second-order valence-corrected chi connectivity index (χ2v) is 7.97. The van der Waals surface area contributed by atoms with Gasteiger partial charge in [0.1, 0.15) is 0 Å². The fraction of sp³-hybridized carbons (Fsp3) is 0.208. The van der Waals surface area contributed by atoms with E-state index in [0.29, 0.717) is 5.65 Å². The van der Waals surface area contributed by atoms with Gasteiger partial charge in [-0.15, -0.1) is 0 Å². The molecule has 0 bridgehead atoms. The van der Waals surface area contributed by atoms with Crippen LogP contribution in [0, 0.1) is 0 Å². The largest absolute Gasteiger partial charge is 0.478 e. The molecule has 162 valence electrons. The summed E-state index contributed by atoms with van der Waals surface area (Å²) in [5.74, 6) is 0.243. The van der Waals surface area contributed by atoms with Crippen LogP contribution in [0.1, 0.15) is 24.8 Å². The van der Waals surface area contributed by atoms with Crippen LogP contribution in [0.5, 0.6) is 11.8 Å². The van der Waals surface area contributed by atoms with Crippen LogP contribution in [0.15, 0.2) is 60.8 Å². The van der Waals surface area contributed by atoms with Crippen LogP contribution in [0.2, 0.25) is 0 Å². The summed E-state index contributed by atoms with van der Waals surface area (Å²) in [5.41, 5.74) is 16.5. The Labute approximate surface area is 184 Å². The molecule has 1 saturated carbocycles. The van der Waals surface area contributed by atoms with Crippen molar-refractivity contribution < 1.29 is 14.3 Å². The summed E-state index contributed by atoms with van der Waals surface area (Å²) in [6, 6.07) is 18.1. The highest BCUT2D eigenvalue weighted by Gasteiger charge is 2.34. The van der Waals surface area contributed by atoms with Crippen molar-refractivity contribution in [2.75, 3.05) is 7.11 Å². The summed E-state index contributed by atoms with van der Waals surface area (Å²) >= 11 is 0. The number of hydrogen-bond acceptors (Lipinski definition) is 6. The molecule has 2 aromatic carbocycles. The molecule has 1 amide bonds. The van der Waals surface area contributed by atoms with Crippen molar-refractivity contribution >= 4 is 11.7 Å². The monoisotopic (exact) mass is 429 g/mol. The van der Waals surface area contributed by atoms with Crippen molar-refractivity contribution in [1.82, 2.24) is 14.4 Å². The Morgan fingerprint density at radius 3 is 2.34 bits per heavy atom. The summed E-state index contributed by atoms with van der Waals surface area (Å²) in [6.07, 6.45) is 3.79. The third kappa shape index (κ3) is 3.34. The van der Waals surface area contributed by atoms with Crippen LogP contribution in [-0.4, -0.2) is 27.6 Å². The molecule has 32 heavy (non-hydrogen) atoms. The van der Waals surface area contributed by atoms with Gasteiger partial charge in [0.25, 0.3) is 5.88 Å². The number of aromatic nitrogens is 3. The fourth-order valence-electron chi connectivity index (χ4n) is 4.17. The normalized spacial score (nSPS) is 14.7. The van der Waals surface area contributed by atoms with Crippen LogP contribution in [0.25, 0.3) is 28.2 Å². The molecule has 1 fully saturated rings. The van der Waals surface area contributed by atoms with E-state index in [1.54, 1.807) is 10.6 Å². The smallest absolute Gasteiger partial charge is 0.411 e. The number of methoxy groups -OCH3 is 1. The predicted molar refractivity (Wildman–Crippen MR) is 120 cm³/mol. The predicted octanol–water partition coefficient (Wildman–Crippen LogP) is 3.87. The van der Waals surface area contributed by atoms with E-state index in [2.05, 4.69) is 17.1 Å². The number of imidazole rings is 1. The van der Waals surface area contributed by atoms with E-state index in [1.807, 2.05) is 42.5 Å². The number of hydrogen-bond donors (Lipinski definition) is 2. The molecular weight excluding hydrogens is 406 g/mol. The molecule has 8 heteroatoms. The van der Waals surface area contributed by atoms with E-state index in [0.717, 1.165) is 47.3 Å². The Balaban J connectivity index is 1.72. The third-order valence-corrected chi connectivity index (χ3v) is 5.98. The van der Waals surface area contributed by atoms with Gasteiger partial charge in [-0.25, -0.2) is 9.78 Å². The molecule has 0 radical (unpaired) electrons. The van der Waals surface area contributed by atoms with E-state index in [-0.39, 0.29) is 17.3 Å². The highest BCUT2D eigenvalue weighted by Crippen LogP contribution is 2.40. The highest BCUT2D eigenvalue weighted by atomic mass is 16.6. The van der Waals surface area contributed by atoms with E-state index in [9.17, 15) is 4.79 Å². The van der Waals surface area contributed by atoms with Crippen LogP contribution in [0.3, 0.4) is 0 Å². The lowest BCUT2D eigenvalue weighted by Gasteiger charge is -2.38. The molecule has 0 spiro atoms. The first-order valence-electron chi connectivity index (χ1n) is 10.4. The number of carbonyl (C=O) groups excluding carboxylic acids is 1. The van der Waals surface area contributed by atoms with Gasteiger partial charge in [-0.1, -0.05) is 54.6 Å². The number of ether oxygens (including phenoxy) is 2. The number of primary amides is 1. The van der Waals surface area contributed by atoms with E-state index in [4.69, 9.17) is 25.9 Å². The van der Waals surface area contributed by atoms with Gasteiger partial charge in [0.2, 0.25) is 11.5 Å². The van der Waals surface area contributed by atoms with Crippen molar-refractivity contribution in [2.45, 2.75) is 24.8 Å². The molecule has 2 heterocycles. The van der Waals surface area contributed by atoms with Crippen molar-refractivity contribution in [1.29, 1.82) is 0 Å². The van der Waals surface area contributed by atoms with Crippen molar-refractivity contribution in [3.8, 4) is 34.3 Å². The number of fused-ring (bicyclic) bond motifs is 1. The topological polar surface area (TPSA) is 118 Å². The number of carbonyl (C=O) groups is 1. The fourth-order valence-corrected chi connectivity index (χ4v) is 4.17. The Morgan fingerprint density at radius 1 is 1.03 bits per heavy atom. The quantitative estimate of drug-likeness (QED) is 0.497. The summed E-state index contributed by atoms with van der Waals surface area (Å²) in [7, 11) is 1.49. The Bertz CT molecular complexity index is 1290. The van der Waals surface area contributed by atoms with Crippen molar-refractivity contribution in [3.05, 3.63) is 66.4 Å². The first-order chi connectivity index (χ1) is 15.5. The zero-order chi connectivity index (χ0) is 22.3. The maximum Gasteiger partial charge on any atom is 0.411 e. The second kappa shape index (κ2) is 7.65. The van der Waals surface area contributed by atoms with Crippen LogP contribution < -0.4 is 20.9 Å². The first-order valence-corrected chi connectivity index (χ1v) is 10.4. The van der Waals surface area contributed by atoms with Crippen LogP contribution in [0.4, 0.5) is 4.79 Å². The van der Waals surface area contributed by atoms with Crippen molar-refractivity contribution in [2.24, 2.45) is 11.5 Å². The molecule has 1 aliphatic carbocycles. The molecular formula is C24H23N5O3. The molecule has 2 aromatic heterocycles. The van der Waals surface area contributed by atoms with Gasteiger partial charge in [-0.2, -0.15) is 4.98 Å². The summed E-state index contributed by atoms with van der Waals surface area (Å²) in [4.78, 5) is 20.4. The van der Waals surface area contributed by atoms with E-state index < -0.39 is 6.09 Å². The molecule has 1 aliphatic rings. The van der Waals surface area contributed by atoms with Crippen LogP contribution in [-0.2, 0) is 5.54 Å².